The van der Waals surface area contributed by atoms with Crippen molar-refractivity contribution in [2.24, 2.45) is 10.4 Å². The van der Waals surface area contributed by atoms with Gasteiger partial charge in [-0.25, -0.2) is 4.99 Å². The number of carbonyl (C=O) groups is 2. The number of fused-ring (bicyclic) bond motifs is 1. The second kappa shape index (κ2) is 6.09. The number of carbonyl (C=O) groups excluding carboxylic acids is 2. The summed E-state index contributed by atoms with van der Waals surface area (Å²) in [4.78, 5) is 32.2. The van der Waals surface area contributed by atoms with Crippen LogP contribution in [0.25, 0.3) is 0 Å². The molecule has 130 valence electrons. The van der Waals surface area contributed by atoms with Gasteiger partial charge in [-0.1, -0.05) is 53.7 Å². The quantitative estimate of drug-likeness (QED) is 0.675. The zero-order valence-electron chi connectivity index (χ0n) is 14.2. The Hall–Kier alpha value is -1.40. The van der Waals surface area contributed by atoms with Crippen molar-refractivity contribution in [1.29, 1.82) is 0 Å². The van der Waals surface area contributed by atoms with Gasteiger partial charge in [-0.05, 0) is 29.5 Å². The zero-order valence-corrected chi connectivity index (χ0v) is 16.6. The molecular weight excluding hydrogens is 400 g/mol. The minimum absolute atomic E-state index is 0.0506. The Labute approximate surface area is 159 Å². The van der Waals surface area contributed by atoms with Crippen LogP contribution in [0, 0.1) is 5.41 Å². The number of hydrogen-bond acceptors (Lipinski definition) is 4. The van der Waals surface area contributed by atoms with E-state index in [-0.39, 0.29) is 23.1 Å². The minimum atomic E-state index is -0.348. The predicted octanol–water partition coefficient (Wildman–Crippen LogP) is 4.47. The molecule has 0 N–H and O–H groups in total. The van der Waals surface area contributed by atoms with Crippen LogP contribution in [0.4, 0.5) is 0 Å². The highest BCUT2D eigenvalue weighted by Gasteiger charge is 2.45. The molecule has 3 aliphatic rings. The van der Waals surface area contributed by atoms with Crippen molar-refractivity contribution >= 4 is 44.5 Å². The van der Waals surface area contributed by atoms with Crippen LogP contribution in [0.2, 0.25) is 0 Å². The van der Waals surface area contributed by atoms with Crippen LogP contribution in [0.15, 0.2) is 45.0 Å². The lowest BCUT2D eigenvalue weighted by atomic mass is 9.73. The van der Waals surface area contributed by atoms with Gasteiger partial charge >= 0.3 is 0 Å². The smallest absolute Gasteiger partial charge is 0.230 e. The maximum Gasteiger partial charge on any atom is 0.230 e. The van der Waals surface area contributed by atoms with Gasteiger partial charge in [0.2, 0.25) is 5.91 Å². The molecule has 1 aromatic rings. The van der Waals surface area contributed by atoms with Crippen molar-refractivity contribution < 1.29 is 9.59 Å². The number of Topliss-reactive ketones (excluding diaryl/α,β-unsaturated/α-hetero) is 1. The molecule has 1 amide bonds. The highest BCUT2D eigenvalue weighted by Crippen LogP contribution is 2.47. The molecule has 0 radical (unpaired) electrons. The average molecular weight is 419 g/mol. The molecule has 0 saturated carbocycles. The van der Waals surface area contributed by atoms with Crippen molar-refractivity contribution in [3.05, 3.63) is 45.6 Å². The molecule has 2 aliphatic heterocycles. The lowest BCUT2D eigenvalue weighted by Crippen LogP contribution is -2.47. The SMILES string of the molecule is CC1(C)CC(=O)C2=C(C1)N=C1SCCC(=O)N1[C@H]2c1ccc(Br)cc1. The maximum absolute atomic E-state index is 13.0. The summed E-state index contributed by atoms with van der Waals surface area (Å²) in [6.45, 7) is 4.21. The number of aliphatic imine (C=N–C) groups is 1. The lowest BCUT2D eigenvalue weighted by molar-refractivity contribution is -0.128. The molecule has 4 rings (SSSR count). The first-order valence-corrected chi connectivity index (χ1v) is 10.2. The Balaban J connectivity index is 1.89. The number of nitrogens with zero attached hydrogens (tertiary/aromatic N) is 2. The first-order valence-electron chi connectivity index (χ1n) is 8.41. The van der Waals surface area contributed by atoms with Gasteiger partial charge in [-0.15, -0.1) is 0 Å². The number of halogens is 1. The zero-order chi connectivity index (χ0) is 17.8. The van der Waals surface area contributed by atoms with Crippen molar-refractivity contribution in [3.63, 3.8) is 0 Å². The van der Waals surface area contributed by atoms with Gasteiger partial charge < -0.3 is 0 Å². The van der Waals surface area contributed by atoms with E-state index in [1.54, 1.807) is 16.7 Å². The van der Waals surface area contributed by atoms with Crippen LogP contribution >= 0.6 is 27.7 Å². The van der Waals surface area contributed by atoms with Gasteiger partial charge in [-0.3, -0.25) is 14.5 Å². The minimum Gasteiger partial charge on any atom is -0.294 e. The first-order chi connectivity index (χ1) is 11.9. The molecule has 0 unspecified atom stereocenters. The third-order valence-corrected chi connectivity index (χ3v) is 6.35. The van der Waals surface area contributed by atoms with E-state index in [2.05, 4.69) is 29.8 Å². The van der Waals surface area contributed by atoms with Gasteiger partial charge in [0.15, 0.2) is 11.0 Å². The largest absolute Gasteiger partial charge is 0.294 e. The molecule has 1 atom stereocenters. The van der Waals surface area contributed by atoms with E-state index in [1.165, 1.54) is 0 Å². The molecule has 6 heteroatoms. The van der Waals surface area contributed by atoms with Gasteiger partial charge in [0, 0.05) is 28.6 Å². The van der Waals surface area contributed by atoms with E-state index >= 15 is 0 Å². The molecule has 2 heterocycles. The Morgan fingerprint density at radius 2 is 1.92 bits per heavy atom. The molecule has 0 aromatic heterocycles. The Bertz CT molecular complexity index is 826. The van der Waals surface area contributed by atoms with Crippen LogP contribution < -0.4 is 0 Å². The molecule has 1 saturated heterocycles. The molecule has 0 bridgehead atoms. The van der Waals surface area contributed by atoms with Gasteiger partial charge in [0.25, 0.3) is 0 Å². The number of amidine groups is 1. The van der Waals surface area contributed by atoms with E-state index < -0.39 is 0 Å². The molecular formula is C19H19BrN2O2S. The van der Waals surface area contributed by atoms with Crippen LogP contribution in [0.1, 0.15) is 44.7 Å². The first kappa shape index (κ1) is 17.0. The third-order valence-electron chi connectivity index (χ3n) is 4.87. The van der Waals surface area contributed by atoms with Gasteiger partial charge in [0.1, 0.15) is 0 Å². The topological polar surface area (TPSA) is 49.7 Å². The van der Waals surface area contributed by atoms with Gasteiger partial charge in [-0.2, -0.15) is 0 Å². The summed E-state index contributed by atoms with van der Waals surface area (Å²) in [6.07, 6.45) is 1.76. The number of rotatable bonds is 1. The molecule has 0 spiro atoms. The summed E-state index contributed by atoms with van der Waals surface area (Å²) in [7, 11) is 0. The lowest BCUT2D eigenvalue weighted by Gasteiger charge is -2.43. The van der Waals surface area contributed by atoms with Gasteiger partial charge in [0.05, 0.1) is 11.7 Å². The molecule has 4 nitrogen and oxygen atoms in total. The number of hydrogen-bond donors (Lipinski definition) is 0. The van der Waals surface area contributed by atoms with Crippen LogP contribution in [-0.2, 0) is 9.59 Å². The standard InChI is InChI=1S/C19H19BrN2O2S/c1-19(2)9-13-16(14(23)10-19)17(11-3-5-12(20)6-4-11)22-15(24)7-8-25-18(22)21-13/h3-6,17H,7-10H2,1-2H3/t17-/m0/s1. The highest BCUT2D eigenvalue weighted by atomic mass is 79.9. The highest BCUT2D eigenvalue weighted by molar-refractivity contribution is 9.10. The third kappa shape index (κ3) is 2.99. The van der Waals surface area contributed by atoms with E-state index in [4.69, 9.17) is 4.99 Å². The Kier molecular flexibility index (Phi) is 4.15. The van der Waals surface area contributed by atoms with Crippen molar-refractivity contribution in [1.82, 2.24) is 4.90 Å². The average Bonchev–Trinajstić information content (AvgIpc) is 2.53. The number of thioether (sulfide) groups is 1. The fourth-order valence-corrected chi connectivity index (χ4v) is 5.03. The van der Waals surface area contributed by atoms with Crippen LogP contribution in [0.3, 0.4) is 0 Å². The summed E-state index contributed by atoms with van der Waals surface area (Å²) >= 11 is 5.07. The number of amides is 1. The Morgan fingerprint density at radius 1 is 1.20 bits per heavy atom. The summed E-state index contributed by atoms with van der Waals surface area (Å²) in [6, 6.07) is 7.54. The van der Waals surface area contributed by atoms with Crippen LogP contribution in [-0.4, -0.2) is 27.5 Å². The fourth-order valence-electron chi connectivity index (χ4n) is 3.78. The number of allylic oxidation sites excluding steroid dienone is 1. The Morgan fingerprint density at radius 3 is 2.64 bits per heavy atom. The number of ketones is 1. The summed E-state index contributed by atoms with van der Waals surface area (Å²) in [5.41, 5.74) is 2.45. The van der Waals surface area contributed by atoms with Crippen LogP contribution in [0.5, 0.6) is 0 Å². The van der Waals surface area contributed by atoms with Crippen molar-refractivity contribution in [3.8, 4) is 0 Å². The monoisotopic (exact) mass is 418 g/mol. The second-order valence-corrected chi connectivity index (χ2v) is 9.49. The van der Waals surface area contributed by atoms with Crippen molar-refractivity contribution in [2.45, 2.75) is 39.2 Å². The summed E-state index contributed by atoms with van der Waals surface area (Å²) < 4.78 is 0.977. The van der Waals surface area contributed by atoms with E-state index in [0.29, 0.717) is 18.4 Å². The molecule has 1 aromatic carbocycles. The van der Waals surface area contributed by atoms with E-state index in [0.717, 1.165) is 33.1 Å². The second-order valence-electron chi connectivity index (χ2n) is 7.51. The summed E-state index contributed by atoms with van der Waals surface area (Å²) in [5.74, 6) is 0.918. The molecule has 25 heavy (non-hydrogen) atoms. The van der Waals surface area contributed by atoms with Crippen molar-refractivity contribution in [2.75, 3.05) is 5.75 Å². The fraction of sp³-hybridized carbons (Fsp3) is 0.421. The normalized spacial score (nSPS) is 25.5. The molecule has 1 aliphatic carbocycles. The number of benzene rings is 1. The predicted molar refractivity (Wildman–Crippen MR) is 103 cm³/mol. The summed E-state index contributed by atoms with van der Waals surface area (Å²) in [5, 5.41) is 0.744. The molecule has 1 fully saturated rings. The van der Waals surface area contributed by atoms with E-state index in [1.807, 2.05) is 24.3 Å². The van der Waals surface area contributed by atoms with E-state index in [9.17, 15) is 9.59 Å². The maximum atomic E-state index is 13.0.